The van der Waals surface area contributed by atoms with Crippen molar-refractivity contribution in [2.45, 2.75) is 6.42 Å². The number of carbonyl (C=O) groups is 1. The standard InChI is InChI=1S/C26H19FO3/c27-23-10-6-18(7-11-23)20-9-13-25(26(29)30)22(15-20)3-1-2-17-4-5-21-16-24(28)12-8-19(21)14-17/h1,3-16,28H,2H2,(H,29,30). The second-order valence-electron chi connectivity index (χ2n) is 7.09. The summed E-state index contributed by atoms with van der Waals surface area (Å²) in [5.74, 6) is -1.07. The zero-order valence-corrected chi connectivity index (χ0v) is 16.0. The molecule has 0 spiro atoms. The molecule has 0 saturated heterocycles. The number of aromatic hydroxyl groups is 1. The van der Waals surface area contributed by atoms with Crippen molar-refractivity contribution < 1.29 is 19.4 Å². The van der Waals surface area contributed by atoms with E-state index < -0.39 is 5.97 Å². The highest BCUT2D eigenvalue weighted by atomic mass is 19.1. The monoisotopic (exact) mass is 398 g/mol. The van der Waals surface area contributed by atoms with Gasteiger partial charge in [0.2, 0.25) is 0 Å². The molecule has 4 rings (SSSR count). The van der Waals surface area contributed by atoms with E-state index in [9.17, 15) is 19.4 Å². The van der Waals surface area contributed by atoms with E-state index in [2.05, 4.69) is 0 Å². The van der Waals surface area contributed by atoms with E-state index in [1.165, 1.54) is 12.1 Å². The molecule has 0 amide bonds. The smallest absolute Gasteiger partial charge is 0.336 e. The van der Waals surface area contributed by atoms with Gasteiger partial charge in [0.1, 0.15) is 11.6 Å². The average molecular weight is 398 g/mol. The number of fused-ring (bicyclic) bond motifs is 1. The van der Waals surface area contributed by atoms with Gasteiger partial charge in [-0.1, -0.05) is 54.6 Å². The Hall–Kier alpha value is -3.92. The van der Waals surface area contributed by atoms with Crippen molar-refractivity contribution in [2.24, 2.45) is 0 Å². The number of hydrogen-bond acceptors (Lipinski definition) is 2. The van der Waals surface area contributed by atoms with Crippen molar-refractivity contribution in [3.63, 3.8) is 0 Å². The molecule has 148 valence electrons. The predicted molar refractivity (Wildman–Crippen MR) is 117 cm³/mol. The molecule has 3 nitrogen and oxygen atoms in total. The third-order valence-corrected chi connectivity index (χ3v) is 5.00. The van der Waals surface area contributed by atoms with Gasteiger partial charge in [-0.05, 0) is 75.8 Å². The lowest BCUT2D eigenvalue weighted by Crippen LogP contribution is -1.99. The molecule has 0 saturated carbocycles. The summed E-state index contributed by atoms with van der Waals surface area (Å²) in [7, 11) is 0. The molecule has 4 aromatic carbocycles. The number of hydrogen-bond donors (Lipinski definition) is 2. The highest BCUT2D eigenvalue weighted by Gasteiger charge is 2.10. The van der Waals surface area contributed by atoms with Gasteiger partial charge in [-0.2, -0.15) is 0 Å². The number of carboxylic acid groups (broad SMARTS) is 1. The molecule has 4 heteroatoms. The summed E-state index contributed by atoms with van der Waals surface area (Å²) in [6.45, 7) is 0. The molecule has 4 aromatic rings. The SMILES string of the molecule is O=C(O)c1ccc(-c2ccc(F)cc2)cc1C=CCc1ccc2cc(O)ccc2c1. The summed E-state index contributed by atoms with van der Waals surface area (Å²) >= 11 is 0. The number of halogens is 1. The number of allylic oxidation sites excluding steroid dienone is 1. The topological polar surface area (TPSA) is 57.5 Å². The third kappa shape index (κ3) is 4.23. The van der Waals surface area contributed by atoms with Crippen LogP contribution in [0.25, 0.3) is 28.0 Å². The fourth-order valence-corrected chi connectivity index (χ4v) is 3.45. The molecule has 0 aromatic heterocycles. The van der Waals surface area contributed by atoms with Gasteiger partial charge in [-0.3, -0.25) is 0 Å². The largest absolute Gasteiger partial charge is 0.508 e. The Labute approximate surface area is 173 Å². The van der Waals surface area contributed by atoms with Crippen LogP contribution in [-0.4, -0.2) is 16.2 Å². The minimum Gasteiger partial charge on any atom is -0.508 e. The Kier molecular flexibility index (Phi) is 5.31. The highest BCUT2D eigenvalue weighted by molar-refractivity contribution is 5.93. The Morgan fingerprint density at radius 3 is 2.30 bits per heavy atom. The maximum Gasteiger partial charge on any atom is 0.336 e. The van der Waals surface area contributed by atoms with Crippen LogP contribution in [0.5, 0.6) is 5.75 Å². The normalized spacial score (nSPS) is 11.2. The highest BCUT2D eigenvalue weighted by Crippen LogP contribution is 2.25. The van der Waals surface area contributed by atoms with Crippen LogP contribution in [0, 0.1) is 5.82 Å². The molecule has 0 fully saturated rings. The Morgan fingerprint density at radius 1 is 0.833 bits per heavy atom. The predicted octanol–water partition coefficient (Wildman–Crippen LogP) is 6.31. The molecule has 0 unspecified atom stereocenters. The fourth-order valence-electron chi connectivity index (χ4n) is 3.45. The van der Waals surface area contributed by atoms with Gasteiger partial charge < -0.3 is 10.2 Å². The Morgan fingerprint density at radius 2 is 1.53 bits per heavy atom. The molecule has 0 atom stereocenters. The van der Waals surface area contributed by atoms with Crippen LogP contribution < -0.4 is 0 Å². The zero-order chi connectivity index (χ0) is 21.1. The Balaban J connectivity index is 1.61. The summed E-state index contributed by atoms with van der Waals surface area (Å²) < 4.78 is 13.2. The maximum atomic E-state index is 13.2. The number of benzene rings is 4. The number of phenolic OH excluding ortho intramolecular Hbond substituents is 1. The summed E-state index contributed by atoms with van der Waals surface area (Å²) in [5.41, 5.74) is 3.53. The summed E-state index contributed by atoms with van der Waals surface area (Å²) in [5, 5.41) is 21.1. The van der Waals surface area contributed by atoms with Gasteiger partial charge in [0.25, 0.3) is 0 Å². The van der Waals surface area contributed by atoms with Crippen molar-refractivity contribution >= 4 is 22.8 Å². The second kappa shape index (κ2) is 8.21. The lowest BCUT2D eigenvalue weighted by atomic mass is 9.98. The van der Waals surface area contributed by atoms with Gasteiger partial charge in [0, 0.05) is 0 Å². The number of carboxylic acids is 1. The lowest BCUT2D eigenvalue weighted by Gasteiger charge is -2.07. The number of aromatic carboxylic acids is 1. The average Bonchev–Trinajstić information content (AvgIpc) is 2.74. The summed E-state index contributed by atoms with van der Waals surface area (Å²) in [4.78, 5) is 11.6. The van der Waals surface area contributed by atoms with Crippen molar-refractivity contribution in [3.8, 4) is 16.9 Å². The van der Waals surface area contributed by atoms with E-state index in [-0.39, 0.29) is 17.1 Å². The molecule has 0 bridgehead atoms. The molecule has 0 aliphatic carbocycles. The van der Waals surface area contributed by atoms with E-state index in [0.717, 1.165) is 27.5 Å². The van der Waals surface area contributed by atoms with Crippen LogP contribution in [0.3, 0.4) is 0 Å². The number of rotatable bonds is 5. The minimum absolute atomic E-state index is 0.214. The van der Waals surface area contributed by atoms with Crippen LogP contribution >= 0.6 is 0 Å². The molecular formula is C26H19FO3. The number of phenols is 1. The van der Waals surface area contributed by atoms with Gasteiger partial charge in [-0.25, -0.2) is 9.18 Å². The molecule has 2 N–H and O–H groups in total. The molecule has 30 heavy (non-hydrogen) atoms. The second-order valence-corrected chi connectivity index (χ2v) is 7.09. The van der Waals surface area contributed by atoms with Crippen molar-refractivity contribution in [2.75, 3.05) is 0 Å². The zero-order valence-electron chi connectivity index (χ0n) is 16.0. The van der Waals surface area contributed by atoms with Gasteiger partial charge >= 0.3 is 5.97 Å². The van der Waals surface area contributed by atoms with Crippen LogP contribution in [0.15, 0.2) is 84.9 Å². The molecule has 0 heterocycles. The molecule has 0 aliphatic rings. The van der Waals surface area contributed by atoms with Crippen molar-refractivity contribution in [1.29, 1.82) is 0 Å². The first-order valence-corrected chi connectivity index (χ1v) is 9.51. The maximum absolute atomic E-state index is 13.2. The Bertz CT molecular complexity index is 1260. The van der Waals surface area contributed by atoms with Crippen LogP contribution in [0.1, 0.15) is 21.5 Å². The third-order valence-electron chi connectivity index (χ3n) is 5.00. The molecule has 0 radical (unpaired) electrons. The lowest BCUT2D eigenvalue weighted by molar-refractivity contribution is 0.0696. The molecule has 0 aliphatic heterocycles. The van der Waals surface area contributed by atoms with E-state index in [4.69, 9.17) is 0 Å². The van der Waals surface area contributed by atoms with Crippen LogP contribution in [0.2, 0.25) is 0 Å². The summed E-state index contributed by atoms with van der Waals surface area (Å²) in [6, 6.07) is 22.4. The first-order valence-electron chi connectivity index (χ1n) is 9.51. The van der Waals surface area contributed by atoms with Gasteiger partial charge in [-0.15, -0.1) is 0 Å². The first-order chi connectivity index (χ1) is 14.5. The van der Waals surface area contributed by atoms with Crippen LogP contribution in [-0.2, 0) is 6.42 Å². The van der Waals surface area contributed by atoms with E-state index in [0.29, 0.717) is 12.0 Å². The van der Waals surface area contributed by atoms with E-state index in [1.807, 2.05) is 30.3 Å². The quantitative estimate of drug-likeness (QED) is 0.414. The summed E-state index contributed by atoms with van der Waals surface area (Å²) in [6.07, 6.45) is 4.37. The van der Waals surface area contributed by atoms with Gasteiger partial charge in [0.15, 0.2) is 0 Å². The minimum atomic E-state index is -0.995. The van der Waals surface area contributed by atoms with Crippen molar-refractivity contribution in [1.82, 2.24) is 0 Å². The van der Waals surface area contributed by atoms with Crippen LogP contribution in [0.4, 0.5) is 4.39 Å². The molecular weight excluding hydrogens is 379 g/mol. The first kappa shape index (κ1) is 19.4. The van der Waals surface area contributed by atoms with Crippen molar-refractivity contribution in [3.05, 3.63) is 107 Å². The van der Waals surface area contributed by atoms with Gasteiger partial charge in [0.05, 0.1) is 5.56 Å². The fraction of sp³-hybridized carbons (Fsp3) is 0.0385. The van der Waals surface area contributed by atoms with E-state index >= 15 is 0 Å². The van der Waals surface area contributed by atoms with E-state index in [1.54, 1.807) is 48.5 Å².